The summed E-state index contributed by atoms with van der Waals surface area (Å²) in [7, 11) is 0. The summed E-state index contributed by atoms with van der Waals surface area (Å²) in [5.74, 6) is -1.48. The minimum Gasteiger partial charge on any atom is -0.480 e. The van der Waals surface area contributed by atoms with Crippen LogP contribution in [0.3, 0.4) is 0 Å². The second-order valence-corrected chi connectivity index (χ2v) is 9.45. The van der Waals surface area contributed by atoms with Crippen LogP contribution in [0.25, 0.3) is 11.1 Å². The van der Waals surface area contributed by atoms with Gasteiger partial charge in [-0.05, 0) is 41.5 Å². The molecule has 2 atom stereocenters. The fourth-order valence-corrected chi connectivity index (χ4v) is 5.68. The van der Waals surface area contributed by atoms with Crippen LogP contribution in [0.15, 0.2) is 48.5 Å². The van der Waals surface area contributed by atoms with Crippen LogP contribution in [0.1, 0.15) is 49.1 Å². The molecule has 1 saturated heterocycles. The number of carbonyl (C=O) groups excluding carboxylic acids is 2. The van der Waals surface area contributed by atoms with Crippen molar-refractivity contribution in [3.05, 3.63) is 59.7 Å². The van der Waals surface area contributed by atoms with Crippen molar-refractivity contribution in [1.29, 1.82) is 0 Å². The van der Waals surface area contributed by atoms with Crippen LogP contribution in [0.4, 0.5) is 4.79 Å². The first-order chi connectivity index (χ1) is 17.0. The van der Waals surface area contributed by atoms with Crippen molar-refractivity contribution in [3.8, 4) is 11.1 Å². The Balaban J connectivity index is 1.23. The van der Waals surface area contributed by atoms with E-state index in [4.69, 9.17) is 9.47 Å². The lowest BCUT2D eigenvalue weighted by atomic mass is 9.98. The van der Waals surface area contributed by atoms with E-state index < -0.39 is 24.2 Å². The van der Waals surface area contributed by atoms with Gasteiger partial charge in [0.2, 0.25) is 0 Å². The summed E-state index contributed by atoms with van der Waals surface area (Å²) in [6.45, 7) is 0.136. The number of nitrogens with one attached hydrogen (secondary N) is 1. The number of alkyl carbamates (subject to hydrolysis) is 1. The number of carboxylic acid groups (broad SMARTS) is 1. The van der Waals surface area contributed by atoms with Crippen LogP contribution in [-0.4, -0.2) is 65.9 Å². The van der Waals surface area contributed by atoms with Crippen molar-refractivity contribution >= 4 is 18.0 Å². The van der Waals surface area contributed by atoms with Gasteiger partial charge in [0.15, 0.2) is 6.10 Å². The van der Waals surface area contributed by atoms with Crippen molar-refractivity contribution < 1.29 is 29.0 Å². The molecule has 3 aliphatic rings. The minimum absolute atomic E-state index is 0.0566. The van der Waals surface area contributed by atoms with Crippen molar-refractivity contribution in [3.63, 3.8) is 0 Å². The predicted octanol–water partition coefficient (Wildman–Crippen LogP) is 3.54. The highest BCUT2D eigenvalue weighted by molar-refractivity contribution is 5.86. The number of fused-ring (bicyclic) bond motifs is 3. The molecule has 2 aromatic rings. The van der Waals surface area contributed by atoms with E-state index in [2.05, 4.69) is 29.6 Å². The molecule has 1 saturated carbocycles. The first-order valence-electron chi connectivity index (χ1n) is 12.3. The number of aliphatic carboxylic acids is 1. The Bertz CT molecular complexity index is 1070. The van der Waals surface area contributed by atoms with Gasteiger partial charge in [-0.3, -0.25) is 9.59 Å². The molecule has 2 unspecified atom stereocenters. The monoisotopic (exact) mass is 478 g/mol. The maximum atomic E-state index is 13.2. The van der Waals surface area contributed by atoms with Crippen molar-refractivity contribution in [2.24, 2.45) is 0 Å². The first-order valence-corrected chi connectivity index (χ1v) is 12.3. The van der Waals surface area contributed by atoms with Crippen molar-refractivity contribution in [1.82, 2.24) is 10.2 Å². The van der Waals surface area contributed by atoms with Crippen molar-refractivity contribution in [2.75, 3.05) is 19.8 Å². The number of benzene rings is 2. The summed E-state index contributed by atoms with van der Waals surface area (Å²) < 4.78 is 11.3. The minimum atomic E-state index is -1.05. The Morgan fingerprint density at radius 1 is 0.971 bits per heavy atom. The van der Waals surface area contributed by atoms with E-state index in [-0.39, 0.29) is 31.0 Å². The van der Waals surface area contributed by atoms with E-state index in [0.29, 0.717) is 13.0 Å². The second kappa shape index (κ2) is 10.1. The average Bonchev–Trinajstić information content (AvgIpc) is 3.60. The number of carbonyl (C=O) groups is 3. The van der Waals surface area contributed by atoms with Gasteiger partial charge >= 0.3 is 12.1 Å². The molecule has 184 valence electrons. The molecule has 2 aliphatic carbocycles. The van der Waals surface area contributed by atoms with E-state index >= 15 is 0 Å². The first kappa shape index (κ1) is 23.4. The maximum absolute atomic E-state index is 13.2. The van der Waals surface area contributed by atoms with E-state index in [0.717, 1.165) is 47.9 Å². The molecule has 1 heterocycles. The lowest BCUT2D eigenvalue weighted by Gasteiger charge is -2.31. The van der Waals surface area contributed by atoms with Gasteiger partial charge in [0.25, 0.3) is 5.91 Å². The molecule has 0 spiro atoms. The third-order valence-electron chi connectivity index (χ3n) is 7.34. The normalized spacial score (nSPS) is 21.4. The molecule has 0 bridgehead atoms. The van der Waals surface area contributed by atoms with Crippen molar-refractivity contribution in [2.45, 2.75) is 56.2 Å². The van der Waals surface area contributed by atoms with Gasteiger partial charge in [0.1, 0.15) is 13.2 Å². The number of ether oxygens (including phenoxy) is 2. The van der Waals surface area contributed by atoms with Gasteiger partial charge in [0, 0.05) is 18.6 Å². The van der Waals surface area contributed by atoms with Gasteiger partial charge in [-0.15, -0.1) is 0 Å². The van der Waals surface area contributed by atoms with Gasteiger partial charge in [-0.1, -0.05) is 61.4 Å². The standard InChI is InChI=1S/C27H30N2O6/c30-24(31)15-29(17-7-1-2-8-17)26(32)25-23(13-14-34-25)28-27(33)35-16-22-20-11-5-3-9-18(20)19-10-4-6-12-21(19)22/h3-6,9-12,17,22-23,25H,1-2,7-8,13-16H2,(H,28,33)(H,30,31). The summed E-state index contributed by atoms with van der Waals surface area (Å²) >= 11 is 0. The summed E-state index contributed by atoms with van der Waals surface area (Å²) in [5.41, 5.74) is 4.55. The zero-order valence-electron chi connectivity index (χ0n) is 19.5. The molecule has 35 heavy (non-hydrogen) atoms. The van der Waals surface area contributed by atoms with Crippen LogP contribution >= 0.6 is 0 Å². The second-order valence-electron chi connectivity index (χ2n) is 9.45. The molecular formula is C27H30N2O6. The van der Waals surface area contributed by atoms with Crippen LogP contribution in [-0.2, 0) is 19.1 Å². The summed E-state index contributed by atoms with van der Waals surface area (Å²) in [4.78, 5) is 38.8. The fourth-order valence-electron chi connectivity index (χ4n) is 5.68. The number of hydrogen-bond acceptors (Lipinski definition) is 5. The number of carboxylic acids is 1. The molecule has 2 fully saturated rings. The molecule has 5 rings (SSSR count). The number of hydrogen-bond donors (Lipinski definition) is 2. The molecule has 8 heteroatoms. The van der Waals surface area contributed by atoms with Crippen LogP contribution in [0.5, 0.6) is 0 Å². The third kappa shape index (κ3) is 4.75. The van der Waals surface area contributed by atoms with Gasteiger partial charge in [0.05, 0.1) is 6.04 Å². The largest absolute Gasteiger partial charge is 0.480 e. The molecule has 2 N–H and O–H groups in total. The van der Waals surface area contributed by atoms with Crippen LogP contribution in [0, 0.1) is 0 Å². The Kier molecular flexibility index (Phi) is 6.72. The maximum Gasteiger partial charge on any atom is 0.407 e. The summed E-state index contributed by atoms with van der Waals surface area (Å²) in [6, 6.07) is 15.6. The molecule has 1 aliphatic heterocycles. The fraction of sp³-hybridized carbons (Fsp3) is 0.444. The quantitative estimate of drug-likeness (QED) is 0.631. The highest BCUT2D eigenvalue weighted by atomic mass is 16.6. The lowest BCUT2D eigenvalue weighted by molar-refractivity contribution is -0.151. The molecule has 0 radical (unpaired) electrons. The molecule has 2 amide bonds. The van der Waals surface area contributed by atoms with Crippen LogP contribution in [0.2, 0.25) is 0 Å². The van der Waals surface area contributed by atoms with Gasteiger partial charge in [-0.25, -0.2) is 4.79 Å². The number of rotatable bonds is 7. The molecule has 2 aromatic carbocycles. The SMILES string of the molecule is O=C(O)CN(C(=O)C1OCCC1NC(=O)OCC1c2ccccc2-c2ccccc21)C1CCCC1. The summed E-state index contributed by atoms with van der Waals surface area (Å²) in [6.07, 6.45) is 2.47. The number of amides is 2. The van der Waals surface area contributed by atoms with Crippen LogP contribution < -0.4 is 5.32 Å². The Labute approximate surface area is 204 Å². The van der Waals surface area contributed by atoms with E-state index in [1.165, 1.54) is 4.90 Å². The summed E-state index contributed by atoms with van der Waals surface area (Å²) in [5, 5.41) is 12.1. The zero-order valence-corrected chi connectivity index (χ0v) is 19.5. The van der Waals surface area contributed by atoms with Gasteiger partial charge in [-0.2, -0.15) is 0 Å². The highest BCUT2D eigenvalue weighted by Crippen LogP contribution is 2.44. The number of nitrogens with zero attached hydrogens (tertiary/aromatic N) is 1. The predicted molar refractivity (Wildman–Crippen MR) is 128 cm³/mol. The third-order valence-corrected chi connectivity index (χ3v) is 7.34. The molecular weight excluding hydrogens is 448 g/mol. The smallest absolute Gasteiger partial charge is 0.407 e. The van der Waals surface area contributed by atoms with Gasteiger partial charge < -0.3 is 24.8 Å². The Hall–Kier alpha value is -3.39. The highest BCUT2D eigenvalue weighted by Gasteiger charge is 2.41. The lowest BCUT2D eigenvalue weighted by Crippen LogP contribution is -2.53. The zero-order chi connectivity index (χ0) is 24.4. The van der Waals surface area contributed by atoms with E-state index in [9.17, 15) is 19.5 Å². The molecule has 0 aromatic heterocycles. The Morgan fingerprint density at radius 3 is 2.23 bits per heavy atom. The topological polar surface area (TPSA) is 105 Å². The van der Waals surface area contributed by atoms with E-state index in [1.807, 2.05) is 24.3 Å². The Morgan fingerprint density at radius 2 is 1.60 bits per heavy atom. The van der Waals surface area contributed by atoms with E-state index in [1.54, 1.807) is 0 Å². The average molecular weight is 479 g/mol. The molecule has 8 nitrogen and oxygen atoms in total.